The number of rotatable bonds is 6. The maximum Gasteiger partial charge on any atom is 0.258 e. The molecule has 0 aromatic heterocycles. The highest BCUT2D eigenvalue weighted by Gasteiger charge is 2.11. The SMILES string of the molecule is C#CCNC(=O)COc1c(C=O)cccc1OC. The first-order valence-corrected chi connectivity index (χ1v) is 5.18. The van der Waals surface area contributed by atoms with Crippen molar-refractivity contribution in [2.75, 3.05) is 20.3 Å². The van der Waals surface area contributed by atoms with Crippen LogP contribution < -0.4 is 14.8 Å². The van der Waals surface area contributed by atoms with Crippen molar-refractivity contribution in [1.29, 1.82) is 0 Å². The number of carbonyl (C=O) groups excluding carboxylic acids is 2. The summed E-state index contributed by atoms with van der Waals surface area (Å²) in [6, 6.07) is 4.87. The van der Waals surface area contributed by atoms with Crippen LogP contribution in [0, 0.1) is 12.3 Å². The van der Waals surface area contributed by atoms with E-state index < -0.39 is 0 Å². The van der Waals surface area contributed by atoms with E-state index in [0.29, 0.717) is 17.6 Å². The summed E-state index contributed by atoms with van der Waals surface area (Å²) in [5, 5.41) is 2.45. The van der Waals surface area contributed by atoms with Crippen LogP contribution in [-0.2, 0) is 4.79 Å². The fraction of sp³-hybridized carbons (Fsp3) is 0.231. The third-order valence-electron chi connectivity index (χ3n) is 2.09. The molecule has 0 aliphatic rings. The Balaban J connectivity index is 2.74. The molecule has 18 heavy (non-hydrogen) atoms. The molecule has 0 unspecified atom stereocenters. The Kier molecular flexibility index (Phi) is 5.26. The van der Waals surface area contributed by atoms with Crippen molar-refractivity contribution in [3.05, 3.63) is 23.8 Å². The lowest BCUT2D eigenvalue weighted by molar-refractivity contribution is -0.122. The van der Waals surface area contributed by atoms with E-state index in [1.54, 1.807) is 18.2 Å². The fourth-order valence-corrected chi connectivity index (χ4v) is 1.28. The van der Waals surface area contributed by atoms with Gasteiger partial charge in [0.25, 0.3) is 5.91 Å². The number of benzene rings is 1. The van der Waals surface area contributed by atoms with Crippen LogP contribution in [0.15, 0.2) is 18.2 Å². The van der Waals surface area contributed by atoms with Crippen molar-refractivity contribution in [3.8, 4) is 23.8 Å². The van der Waals surface area contributed by atoms with Crippen LogP contribution in [0.25, 0.3) is 0 Å². The summed E-state index contributed by atoms with van der Waals surface area (Å²) in [6.07, 6.45) is 5.64. The van der Waals surface area contributed by atoms with Gasteiger partial charge in [-0.25, -0.2) is 0 Å². The molecular weight excluding hydrogens is 234 g/mol. The standard InChI is InChI=1S/C13H13NO4/c1-3-7-14-12(16)9-18-13-10(8-15)5-4-6-11(13)17-2/h1,4-6,8H,7,9H2,2H3,(H,14,16). The highest BCUT2D eigenvalue weighted by molar-refractivity contribution is 5.82. The lowest BCUT2D eigenvalue weighted by atomic mass is 10.2. The minimum Gasteiger partial charge on any atom is -0.493 e. The monoisotopic (exact) mass is 247 g/mol. The number of terminal acetylenes is 1. The first-order valence-electron chi connectivity index (χ1n) is 5.18. The van der Waals surface area contributed by atoms with Gasteiger partial charge in [-0.1, -0.05) is 12.0 Å². The van der Waals surface area contributed by atoms with Crippen molar-refractivity contribution in [2.45, 2.75) is 0 Å². The molecule has 0 saturated carbocycles. The zero-order valence-corrected chi connectivity index (χ0v) is 9.93. The third-order valence-corrected chi connectivity index (χ3v) is 2.09. The van der Waals surface area contributed by atoms with E-state index >= 15 is 0 Å². The first-order chi connectivity index (χ1) is 8.72. The molecule has 0 bridgehead atoms. The molecule has 1 aromatic carbocycles. The number of ether oxygens (including phenoxy) is 2. The van der Waals surface area contributed by atoms with E-state index in [9.17, 15) is 9.59 Å². The molecule has 1 rings (SSSR count). The van der Waals surface area contributed by atoms with Crippen LogP contribution in [0.5, 0.6) is 11.5 Å². The molecule has 0 heterocycles. The van der Waals surface area contributed by atoms with Crippen LogP contribution >= 0.6 is 0 Å². The number of methoxy groups -OCH3 is 1. The second-order valence-electron chi connectivity index (χ2n) is 3.27. The van der Waals surface area contributed by atoms with Gasteiger partial charge in [-0.3, -0.25) is 9.59 Å². The molecular formula is C13H13NO4. The highest BCUT2D eigenvalue weighted by Crippen LogP contribution is 2.29. The maximum atomic E-state index is 11.3. The zero-order chi connectivity index (χ0) is 13.4. The van der Waals surface area contributed by atoms with Crippen molar-refractivity contribution >= 4 is 12.2 Å². The van der Waals surface area contributed by atoms with Gasteiger partial charge in [-0.2, -0.15) is 0 Å². The molecule has 0 aliphatic heterocycles. The van der Waals surface area contributed by atoms with Gasteiger partial charge < -0.3 is 14.8 Å². The maximum absolute atomic E-state index is 11.3. The number of para-hydroxylation sites is 1. The van der Waals surface area contributed by atoms with Gasteiger partial charge in [0.05, 0.1) is 19.2 Å². The van der Waals surface area contributed by atoms with Gasteiger partial charge in [-0.15, -0.1) is 6.42 Å². The summed E-state index contributed by atoms with van der Waals surface area (Å²) in [4.78, 5) is 22.2. The van der Waals surface area contributed by atoms with Crippen LogP contribution in [-0.4, -0.2) is 32.5 Å². The smallest absolute Gasteiger partial charge is 0.258 e. The molecule has 5 nitrogen and oxygen atoms in total. The Bertz CT molecular complexity index is 476. The molecule has 0 aliphatic carbocycles. The van der Waals surface area contributed by atoms with Crippen LogP contribution in [0.1, 0.15) is 10.4 Å². The third kappa shape index (κ3) is 3.52. The lowest BCUT2D eigenvalue weighted by Crippen LogP contribution is -2.29. The molecule has 5 heteroatoms. The number of hydrogen-bond acceptors (Lipinski definition) is 4. The van der Waals surface area contributed by atoms with E-state index in [-0.39, 0.29) is 24.8 Å². The summed E-state index contributed by atoms with van der Waals surface area (Å²) < 4.78 is 10.3. The predicted octanol–water partition coefficient (Wildman–Crippen LogP) is 0.636. The predicted molar refractivity (Wildman–Crippen MR) is 65.7 cm³/mol. The normalized spacial score (nSPS) is 9.11. The first kappa shape index (κ1) is 13.6. The Labute approximate surface area is 105 Å². The summed E-state index contributed by atoms with van der Waals surface area (Å²) in [5.74, 6) is 2.54. The van der Waals surface area contributed by atoms with Crippen molar-refractivity contribution < 1.29 is 19.1 Å². The van der Waals surface area contributed by atoms with E-state index in [2.05, 4.69) is 11.2 Å². The van der Waals surface area contributed by atoms with E-state index in [1.807, 2.05) is 0 Å². The average Bonchev–Trinajstić information content (AvgIpc) is 2.42. The molecule has 0 radical (unpaired) electrons. The average molecular weight is 247 g/mol. The summed E-state index contributed by atoms with van der Waals surface area (Å²) >= 11 is 0. The van der Waals surface area contributed by atoms with E-state index in [4.69, 9.17) is 15.9 Å². The molecule has 94 valence electrons. The van der Waals surface area contributed by atoms with Crippen LogP contribution in [0.2, 0.25) is 0 Å². The fourth-order valence-electron chi connectivity index (χ4n) is 1.28. The summed E-state index contributed by atoms with van der Waals surface area (Å²) in [7, 11) is 1.45. The molecule has 0 fully saturated rings. The molecule has 0 saturated heterocycles. The largest absolute Gasteiger partial charge is 0.493 e. The topological polar surface area (TPSA) is 64.6 Å². The number of amides is 1. The molecule has 0 spiro atoms. The van der Waals surface area contributed by atoms with Crippen molar-refractivity contribution in [2.24, 2.45) is 0 Å². The van der Waals surface area contributed by atoms with Gasteiger partial charge in [0.1, 0.15) is 0 Å². The minimum absolute atomic E-state index is 0.134. The number of carbonyl (C=O) groups is 2. The Hall–Kier alpha value is -2.48. The Morgan fingerprint density at radius 2 is 2.33 bits per heavy atom. The summed E-state index contributed by atoms with van der Waals surface area (Å²) in [6.45, 7) is -0.0997. The quantitative estimate of drug-likeness (QED) is 0.591. The highest BCUT2D eigenvalue weighted by atomic mass is 16.5. The van der Waals surface area contributed by atoms with Gasteiger partial charge >= 0.3 is 0 Å². The molecule has 1 amide bonds. The molecule has 1 N–H and O–H groups in total. The number of hydrogen-bond donors (Lipinski definition) is 1. The van der Waals surface area contributed by atoms with Gasteiger partial charge in [0.2, 0.25) is 0 Å². The van der Waals surface area contributed by atoms with E-state index in [1.165, 1.54) is 7.11 Å². The zero-order valence-electron chi connectivity index (χ0n) is 9.93. The lowest BCUT2D eigenvalue weighted by Gasteiger charge is -2.11. The van der Waals surface area contributed by atoms with Gasteiger partial charge in [0, 0.05) is 0 Å². The van der Waals surface area contributed by atoms with Crippen molar-refractivity contribution in [3.63, 3.8) is 0 Å². The Morgan fingerprint density at radius 1 is 1.56 bits per heavy atom. The number of aldehydes is 1. The van der Waals surface area contributed by atoms with Crippen LogP contribution in [0.4, 0.5) is 0 Å². The molecule has 0 atom stereocenters. The van der Waals surface area contributed by atoms with E-state index in [0.717, 1.165) is 0 Å². The van der Waals surface area contributed by atoms with Gasteiger partial charge in [-0.05, 0) is 12.1 Å². The number of nitrogens with one attached hydrogen (secondary N) is 1. The Morgan fingerprint density at radius 3 is 2.94 bits per heavy atom. The van der Waals surface area contributed by atoms with Gasteiger partial charge in [0.15, 0.2) is 24.4 Å². The molecule has 1 aromatic rings. The van der Waals surface area contributed by atoms with Crippen LogP contribution in [0.3, 0.4) is 0 Å². The second kappa shape index (κ2) is 6.97. The van der Waals surface area contributed by atoms with Crippen molar-refractivity contribution in [1.82, 2.24) is 5.32 Å². The summed E-state index contributed by atoms with van der Waals surface area (Å²) in [5.41, 5.74) is 0.319. The second-order valence-corrected chi connectivity index (χ2v) is 3.27. The minimum atomic E-state index is -0.365.